The van der Waals surface area contributed by atoms with Gasteiger partial charge >= 0.3 is 6.18 Å². The lowest BCUT2D eigenvalue weighted by molar-refractivity contribution is -0.159. The van der Waals surface area contributed by atoms with E-state index < -0.39 is 17.1 Å². The van der Waals surface area contributed by atoms with Gasteiger partial charge in [0.1, 0.15) is 5.92 Å². The maximum Gasteiger partial charge on any atom is 0.399 e. The van der Waals surface area contributed by atoms with E-state index in [9.17, 15) is 13.2 Å². The van der Waals surface area contributed by atoms with Crippen molar-refractivity contribution in [2.45, 2.75) is 32.0 Å². The summed E-state index contributed by atoms with van der Waals surface area (Å²) in [4.78, 5) is 1.26. The van der Waals surface area contributed by atoms with E-state index >= 15 is 0 Å². The number of hydrogen-bond donors (Lipinski definition) is 1. The molecule has 3 nitrogen and oxygen atoms in total. The molecule has 1 heterocycles. The molecule has 0 aromatic heterocycles. The second-order valence-electron chi connectivity index (χ2n) is 4.51. The molecule has 18 heavy (non-hydrogen) atoms. The highest BCUT2D eigenvalue weighted by Crippen LogP contribution is 2.28. The van der Waals surface area contributed by atoms with E-state index in [1.807, 2.05) is 6.92 Å². The van der Waals surface area contributed by atoms with Gasteiger partial charge in [-0.2, -0.15) is 13.2 Å². The van der Waals surface area contributed by atoms with Crippen LogP contribution in [0.4, 0.5) is 13.2 Å². The molecule has 7 heteroatoms. The van der Waals surface area contributed by atoms with E-state index in [0.717, 1.165) is 12.8 Å². The summed E-state index contributed by atoms with van der Waals surface area (Å²) in [6.45, 7) is 3.48. The highest BCUT2D eigenvalue weighted by atomic mass is 32.1. The van der Waals surface area contributed by atoms with Gasteiger partial charge in [0.2, 0.25) is 0 Å². The number of halogens is 3. The monoisotopic (exact) mass is 284 g/mol. The number of nitrogens with zero attached hydrogens (tertiary/aromatic N) is 1. The third-order valence-corrected chi connectivity index (χ3v) is 3.35. The molecule has 0 saturated carbocycles. The topological polar surface area (TPSA) is 38.5 Å². The van der Waals surface area contributed by atoms with Gasteiger partial charge in [0.25, 0.3) is 0 Å². The molecule has 0 aliphatic carbocycles. The molecule has 0 amide bonds. The van der Waals surface area contributed by atoms with Crippen molar-refractivity contribution in [1.82, 2.24) is 4.90 Å². The fourth-order valence-corrected chi connectivity index (χ4v) is 2.20. The van der Waals surface area contributed by atoms with Crippen molar-refractivity contribution in [3.63, 3.8) is 0 Å². The first-order chi connectivity index (χ1) is 8.34. The Kier molecular flexibility index (Phi) is 5.81. The van der Waals surface area contributed by atoms with Crippen molar-refractivity contribution in [3.8, 4) is 0 Å². The highest BCUT2D eigenvalue weighted by molar-refractivity contribution is 7.80. The molecule has 0 aromatic rings. The number of ether oxygens (including phenoxy) is 1. The number of rotatable bonds is 4. The molecule has 0 spiro atoms. The maximum atomic E-state index is 12.8. The van der Waals surface area contributed by atoms with Crippen molar-refractivity contribution in [1.29, 1.82) is 0 Å². The predicted octanol–water partition coefficient (Wildman–Crippen LogP) is 1.95. The average Bonchev–Trinajstić information content (AvgIpc) is 2.48. The van der Waals surface area contributed by atoms with Gasteiger partial charge in [-0.25, -0.2) is 0 Å². The molecule has 1 fully saturated rings. The fraction of sp³-hybridized carbons (Fsp3) is 0.909. The fourth-order valence-electron chi connectivity index (χ4n) is 2.00. The highest BCUT2D eigenvalue weighted by Gasteiger charge is 2.42. The molecule has 0 radical (unpaired) electrons. The SMILES string of the molecule is CCC1CN(CC(C(N)=S)C(F)(F)F)CCCO1. The second-order valence-corrected chi connectivity index (χ2v) is 4.98. The Morgan fingerprint density at radius 2 is 2.22 bits per heavy atom. The average molecular weight is 284 g/mol. The second kappa shape index (κ2) is 6.68. The van der Waals surface area contributed by atoms with Crippen LogP contribution in [0.1, 0.15) is 19.8 Å². The van der Waals surface area contributed by atoms with Crippen molar-refractivity contribution in [2.24, 2.45) is 11.7 Å². The molecule has 1 saturated heterocycles. The van der Waals surface area contributed by atoms with E-state index in [0.29, 0.717) is 19.7 Å². The smallest absolute Gasteiger partial charge is 0.393 e. The van der Waals surface area contributed by atoms with Crippen LogP contribution in [-0.4, -0.2) is 48.4 Å². The lowest BCUT2D eigenvalue weighted by Crippen LogP contribution is -2.45. The summed E-state index contributed by atoms with van der Waals surface area (Å²) in [7, 11) is 0. The van der Waals surface area contributed by atoms with Crippen LogP contribution in [0.15, 0.2) is 0 Å². The predicted molar refractivity (Wildman–Crippen MR) is 67.4 cm³/mol. The Hall–Kier alpha value is -0.400. The summed E-state index contributed by atoms with van der Waals surface area (Å²) in [6, 6.07) is 0. The first-order valence-corrected chi connectivity index (χ1v) is 6.45. The minimum atomic E-state index is -4.37. The summed E-state index contributed by atoms with van der Waals surface area (Å²) in [6.07, 6.45) is -2.85. The van der Waals surface area contributed by atoms with Gasteiger partial charge in [-0.1, -0.05) is 19.1 Å². The standard InChI is InChI=1S/C11H19F3N2OS/c1-2-8-6-16(4-3-5-17-8)7-9(10(15)18)11(12,13)14/h8-9H,2-7H2,1H3,(H2,15,18). The molecule has 1 rings (SSSR count). The lowest BCUT2D eigenvalue weighted by Gasteiger charge is -2.28. The summed E-state index contributed by atoms with van der Waals surface area (Å²) >= 11 is 4.53. The van der Waals surface area contributed by atoms with Crippen LogP contribution in [0.25, 0.3) is 0 Å². The van der Waals surface area contributed by atoms with Crippen molar-refractivity contribution < 1.29 is 17.9 Å². The Morgan fingerprint density at radius 1 is 1.56 bits per heavy atom. The Balaban J connectivity index is 2.65. The van der Waals surface area contributed by atoms with E-state index in [1.54, 1.807) is 4.90 Å². The van der Waals surface area contributed by atoms with Gasteiger partial charge in [-0.05, 0) is 12.8 Å². The molecule has 2 unspecified atom stereocenters. The molecule has 0 aromatic carbocycles. The van der Waals surface area contributed by atoms with Crippen LogP contribution in [0.5, 0.6) is 0 Å². The largest absolute Gasteiger partial charge is 0.399 e. The zero-order valence-corrected chi connectivity index (χ0v) is 11.2. The van der Waals surface area contributed by atoms with Gasteiger partial charge in [0.15, 0.2) is 0 Å². The van der Waals surface area contributed by atoms with Crippen LogP contribution >= 0.6 is 12.2 Å². The van der Waals surface area contributed by atoms with E-state index in [-0.39, 0.29) is 12.6 Å². The van der Waals surface area contributed by atoms with Crippen molar-refractivity contribution in [3.05, 3.63) is 0 Å². The van der Waals surface area contributed by atoms with Crippen LogP contribution in [0.3, 0.4) is 0 Å². The molecule has 1 aliphatic heterocycles. The van der Waals surface area contributed by atoms with E-state index in [1.165, 1.54) is 0 Å². The zero-order valence-electron chi connectivity index (χ0n) is 10.4. The molecular formula is C11H19F3N2OS. The normalized spacial score (nSPS) is 24.6. The number of alkyl halides is 3. The molecular weight excluding hydrogens is 265 g/mol. The van der Waals surface area contributed by atoms with Crippen molar-refractivity contribution >= 4 is 17.2 Å². The van der Waals surface area contributed by atoms with Gasteiger partial charge in [-0.3, -0.25) is 4.90 Å². The zero-order chi connectivity index (χ0) is 13.8. The van der Waals surface area contributed by atoms with Crippen LogP contribution < -0.4 is 5.73 Å². The first kappa shape index (κ1) is 15.7. The first-order valence-electron chi connectivity index (χ1n) is 6.04. The Morgan fingerprint density at radius 3 is 2.72 bits per heavy atom. The Bertz CT molecular complexity index is 286. The molecule has 106 valence electrons. The summed E-state index contributed by atoms with van der Waals surface area (Å²) in [5, 5.41) is 0. The summed E-state index contributed by atoms with van der Waals surface area (Å²) < 4.78 is 43.9. The van der Waals surface area contributed by atoms with E-state index in [2.05, 4.69) is 12.2 Å². The van der Waals surface area contributed by atoms with Crippen molar-refractivity contribution in [2.75, 3.05) is 26.2 Å². The Labute approximate surface area is 110 Å². The number of hydrogen-bond acceptors (Lipinski definition) is 3. The van der Waals surface area contributed by atoms with Gasteiger partial charge in [0.05, 0.1) is 11.1 Å². The van der Waals surface area contributed by atoms with Crippen LogP contribution in [0.2, 0.25) is 0 Å². The van der Waals surface area contributed by atoms with Crippen LogP contribution in [-0.2, 0) is 4.74 Å². The molecule has 0 bridgehead atoms. The molecule has 2 atom stereocenters. The summed E-state index contributed by atoms with van der Waals surface area (Å²) in [5.74, 6) is -1.73. The van der Waals surface area contributed by atoms with Gasteiger partial charge in [-0.15, -0.1) is 0 Å². The minimum absolute atomic E-state index is 0.00673. The number of nitrogens with two attached hydrogens (primary N) is 1. The quantitative estimate of drug-likeness (QED) is 0.801. The van der Waals surface area contributed by atoms with Gasteiger partial charge in [0, 0.05) is 26.2 Å². The summed E-state index contributed by atoms with van der Waals surface area (Å²) in [5.41, 5.74) is 5.20. The molecule has 1 aliphatic rings. The number of thiocarbonyl (C=S) groups is 1. The molecule has 2 N–H and O–H groups in total. The minimum Gasteiger partial charge on any atom is -0.393 e. The van der Waals surface area contributed by atoms with E-state index in [4.69, 9.17) is 10.5 Å². The van der Waals surface area contributed by atoms with Gasteiger partial charge < -0.3 is 10.5 Å². The van der Waals surface area contributed by atoms with Crippen LogP contribution in [0, 0.1) is 5.92 Å². The maximum absolute atomic E-state index is 12.8. The third kappa shape index (κ3) is 4.70. The lowest BCUT2D eigenvalue weighted by atomic mass is 10.1. The third-order valence-electron chi connectivity index (χ3n) is 3.07.